The highest BCUT2D eigenvalue weighted by molar-refractivity contribution is 7.80. The zero-order valence-electron chi connectivity index (χ0n) is 9.78. The molecular weight excluding hydrogens is 254 g/mol. The second kappa shape index (κ2) is 5.97. The van der Waals surface area contributed by atoms with E-state index in [1.807, 2.05) is 0 Å². The van der Waals surface area contributed by atoms with Crippen LogP contribution in [0.25, 0.3) is 0 Å². The predicted molar refractivity (Wildman–Crippen MR) is 68.9 cm³/mol. The predicted octanol–water partition coefficient (Wildman–Crippen LogP) is 1.80. The molecule has 0 unspecified atom stereocenters. The summed E-state index contributed by atoms with van der Waals surface area (Å²) in [5.41, 5.74) is 0. The normalized spacial score (nSPS) is 19.7. The second-order valence-electron chi connectivity index (χ2n) is 3.97. The Morgan fingerprint density at radius 1 is 1.39 bits per heavy atom. The first-order valence-electron chi connectivity index (χ1n) is 5.72. The molecule has 0 aromatic heterocycles. The number of nitrogens with zero attached hydrogens (tertiary/aromatic N) is 1. The smallest absolute Gasteiger partial charge is 0.324 e. The molecule has 0 aliphatic carbocycles. The first-order valence-corrected chi connectivity index (χ1v) is 6.35. The van der Waals surface area contributed by atoms with Crippen LogP contribution in [0.4, 0.5) is 0 Å². The van der Waals surface area contributed by atoms with E-state index in [-0.39, 0.29) is 0 Å². The molecule has 1 saturated heterocycles. The Kier molecular flexibility index (Phi) is 4.33. The third-order valence-corrected chi connectivity index (χ3v) is 2.90. The van der Waals surface area contributed by atoms with Gasteiger partial charge in [0, 0.05) is 6.54 Å². The fourth-order valence-corrected chi connectivity index (χ4v) is 2.05. The van der Waals surface area contributed by atoms with E-state index in [0.717, 1.165) is 6.42 Å². The molecule has 1 aliphatic heterocycles. The van der Waals surface area contributed by atoms with E-state index in [1.165, 1.54) is 5.06 Å². The van der Waals surface area contributed by atoms with Gasteiger partial charge in [-0.1, -0.05) is 0 Å². The zero-order valence-corrected chi connectivity index (χ0v) is 10.7. The Morgan fingerprint density at radius 2 is 2.06 bits per heavy atom. The van der Waals surface area contributed by atoms with Crippen molar-refractivity contribution in [1.29, 1.82) is 0 Å². The van der Waals surface area contributed by atoms with Crippen molar-refractivity contribution >= 4 is 18.6 Å². The van der Waals surface area contributed by atoms with Crippen LogP contribution in [0, 0.1) is 0 Å². The SMILES string of the molecule is O=C(O)[C@@H]1CCCN1Oc1ccc(OCS)cc1. The maximum atomic E-state index is 11.0. The lowest BCUT2D eigenvalue weighted by Gasteiger charge is -2.21. The zero-order chi connectivity index (χ0) is 13.0. The van der Waals surface area contributed by atoms with Gasteiger partial charge in [0.05, 0.1) is 0 Å². The number of aliphatic carboxylic acids is 1. The Hall–Kier alpha value is -1.40. The van der Waals surface area contributed by atoms with Crippen LogP contribution in [0.2, 0.25) is 0 Å². The molecule has 0 amide bonds. The molecular formula is C12H15NO4S. The number of thiol groups is 1. The lowest BCUT2D eigenvalue weighted by atomic mass is 10.2. The number of hydrogen-bond acceptors (Lipinski definition) is 5. The molecule has 5 nitrogen and oxygen atoms in total. The summed E-state index contributed by atoms with van der Waals surface area (Å²) in [7, 11) is 0. The minimum Gasteiger partial charge on any atom is -0.483 e. The number of hydrogen-bond donors (Lipinski definition) is 2. The van der Waals surface area contributed by atoms with Crippen LogP contribution in [-0.4, -0.2) is 34.7 Å². The largest absolute Gasteiger partial charge is 0.483 e. The molecule has 1 aromatic carbocycles. The summed E-state index contributed by atoms with van der Waals surface area (Å²) >= 11 is 3.96. The van der Waals surface area contributed by atoms with Gasteiger partial charge in [-0.05, 0) is 37.1 Å². The quantitative estimate of drug-likeness (QED) is 0.630. The highest BCUT2D eigenvalue weighted by Gasteiger charge is 2.32. The summed E-state index contributed by atoms with van der Waals surface area (Å²) in [5.74, 6) is 0.777. The first kappa shape index (κ1) is 13.0. The molecule has 0 radical (unpaired) electrons. The Morgan fingerprint density at radius 3 is 2.67 bits per heavy atom. The minimum atomic E-state index is -0.845. The summed E-state index contributed by atoms with van der Waals surface area (Å²) in [4.78, 5) is 16.6. The molecule has 1 atom stereocenters. The fourth-order valence-electron chi connectivity index (χ4n) is 1.90. The summed E-state index contributed by atoms with van der Waals surface area (Å²) in [6.07, 6.45) is 1.45. The minimum absolute atomic E-state index is 0.313. The summed E-state index contributed by atoms with van der Waals surface area (Å²) in [5, 5.41) is 10.5. The topological polar surface area (TPSA) is 59.0 Å². The van der Waals surface area contributed by atoms with E-state index in [2.05, 4.69) is 12.6 Å². The van der Waals surface area contributed by atoms with Gasteiger partial charge in [-0.25, -0.2) is 0 Å². The monoisotopic (exact) mass is 269 g/mol. The molecule has 18 heavy (non-hydrogen) atoms. The van der Waals surface area contributed by atoms with E-state index in [1.54, 1.807) is 24.3 Å². The van der Waals surface area contributed by atoms with Gasteiger partial charge in [-0.15, -0.1) is 17.7 Å². The van der Waals surface area contributed by atoms with Crippen molar-refractivity contribution in [3.8, 4) is 11.5 Å². The van der Waals surface area contributed by atoms with Crippen molar-refractivity contribution < 1.29 is 19.5 Å². The molecule has 6 heteroatoms. The molecule has 1 N–H and O–H groups in total. The summed E-state index contributed by atoms with van der Waals surface area (Å²) in [6.45, 7) is 0.631. The molecule has 2 rings (SSSR count). The van der Waals surface area contributed by atoms with Gasteiger partial charge in [-0.2, -0.15) is 0 Å². The molecule has 1 aliphatic rings. The average molecular weight is 269 g/mol. The van der Waals surface area contributed by atoms with Crippen LogP contribution >= 0.6 is 12.6 Å². The molecule has 98 valence electrons. The number of carboxylic acids is 1. The third-order valence-electron chi connectivity index (χ3n) is 2.77. The maximum absolute atomic E-state index is 11.0. The first-order chi connectivity index (χ1) is 8.70. The van der Waals surface area contributed by atoms with E-state index in [0.29, 0.717) is 30.4 Å². The van der Waals surface area contributed by atoms with Gasteiger partial charge in [-0.3, -0.25) is 4.79 Å². The van der Waals surface area contributed by atoms with Gasteiger partial charge in [0.15, 0.2) is 0 Å². The number of rotatable bonds is 5. The van der Waals surface area contributed by atoms with Crippen molar-refractivity contribution in [2.45, 2.75) is 18.9 Å². The van der Waals surface area contributed by atoms with Crippen LogP contribution in [0.15, 0.2) is 24.3 Å². The molecule has 1 fully saturated rings. The van der Waals surface area contributed by atoms with Crippen LogP contribution in [-0.2, 0) is 4.79 Å². The number of benzene rings is 1. The summed E-state index contributed by atoms with van der Waals surface area (Å²) in [6, 6.07) is 6.46. The van der Waals surface area contributed by atoms with Crippen LogP contribution in [0.5, 0.6) is 11.5 Å². The molecule has 0 spiro atoms. The van der Waals surface area contributed by atoms with Crippen molar-refractivity contribution in [2.24, 2.45) is 0 Å². The van der Waals surface area contributed by atoms with Crippen LogP contribution in [0.1, 0.15) is 12.8 Å². The van der Waals surface area contributed by atoms with Crippen molar-refractivity contribution in [2.75, 3.05) is 12.5 Å². The lowest BCUT2D eigenvalue weighted by molar-refractivity contribution is -0.154. The summed E-state index contributed by atoms with van der Waals surface area (Å²) < 4.78 is 5.19. The highest BCUT2D eigenvalue weighted by Crippen LogP contribution is 2.23. The molecule has 1 heterocycles. The van der Waals surface area contributed by atoms with Gasteiger partial charge in [0.2, 0.25) is 0 Å². The molecule has 1 aromatic rings. The maximum Gasteiger partial charge on any atom is 0.324 e. The third kappa shape index (κ3) is 3.08. The van der Waals surface area contributed by atoms with E-state index in [9.17, 15) is 4.79 Å². The lowest BCUT2D eigenvalue weighted by Crippen LogP contribution is -2.38. The molecule has 0 saturated carbocycles. The Balaban J connectivity index is 1.98. The van der Waals surface area contributed by atoms with E-state index in [4.69, 9.17) is 14.7 Å². The van der Waals surface area contributed by atoms with Gasteiger partial charge in [0.1, 0.15) is 23.5 Å². The van der Waals surface area contributed by atoms with Gasteiger partial charge < -0.3 is 14.7 Å². The van der Waals surface area contributed by atoms with Crippen LogP contribution in [0.3, 0.4) is 0 Å². The van der Waals surface area contributed by atoms with Crippen molar-refractivity contribution in [3.63, 3.8) is 0 Å². The highest BCUT2D eigenvalue weighted by atomic mass is 32.1. The van der Waals surface area contributed by atoms with Crippen molar-refractivity contribution in [3.05, 3.63) is 24.3 Å². The second-order valence-corrected chi connectivity index (χ2v) is 4.23. The standard InChI is InChI=1S/C12H15NO4S/c14-12(15)11-2-1-7-13(11)17-10-5-3-9(4-6-10)16-8-18/h3-6,11,18H,1-2,7-8H2,(H,14,15)/t11-/m0/s1. The Bertz CT molecular complexity index is 409. The number of carbonyl (C=O) groups is 1. The molecule has 0 bridgehead atoms. The van der Waals surface area contributed by atoms with Gasteiger partial charge >= 0.3 is 5.97 Å². The van der Waals surface area contributed by atoms with E-state index >= 15 is 0 Å². The number of carboxylic acid groups (broad SMARTS) is 1. The van der Waals surface area contributed by atoms with Crippen LogP contribution < -0.4 is 9.57 Å². The average Bonchev–Trinajstić information content (AvgIpc) is 2.80. The Labute approximate surface area is 111 Å². The van der Waals surface area contributed by atoms with Crippen molar-refractivity contribution in [1.82, 2.24) is 5.06 Å². The van der Waals surface area contributed by atoms with Gasteiger partial charge in [0.25, 0.3) is 0 Å². The number of ether oxygens (including phenoxy) is 1. The fraction of sp³-hybridized carbons (Fsp3) is 0.417. The van der Waals surface area contributed by atoms with E-state index < -0.39 is 12.0 Å². The number of hydroxylamine groups is 2.